The molecule has 3 N–H and O–H groups in total. The molecule has 0 radical (unpaired) electrons. The average Bonchev–Trinajstić information content (AvgIpc) is 2.41. The maximum absolute atomic E-state index is 11.6. The van der Waals surface area contributed by atoms with Crippen molar-refractivity contribution in [3.05, 3.63) is 0 Å². The summed E-state index contributed by atoms with van der Waals surface area (Å²) < 4.78 is 10.3. The molecule has 0 aromatic carbocycles. The molecule has 1 aliphatic rings. The van der Waals surface area contributed by atoms with Crippen LogP contribution in [0.25, 0.3) is 0 Å². The first-order chi connectivity index (χ1) is 9.65. The summed E-state index contributed by atoms with van der Waals surface area (Å²) in [6.07, 6.45) is 2.25. The molecule has 116 valence electrons. The molecule has 1 fully saturated rings. The number of hydrogen-bond acceptors (Lipinski definition) is 6. The van der Waals surface area contributed by atoms with Crippen molar-refractivity contribution in [3.63, 3.8) is 0 Å². The minimum atomic E-state index is -0.683. The average molecular weight is 287 g/mol. The zero-order valence-corrected chi connectivity index (χ0v) is 12.1. The number of rotatable bonds is 7. The summed E-state index contributed by atoms with van der Waals surface area (Å²) in [5.41, 5.74) is 5.41. The zero-order chi connectivity index (χ0) is 14.8. The molecule has 7 nitrogen and oxygen atoms in total. The molecule has 0 aliphatic carbocycles. The molecular weight excluding hydrogens is 262 g/mol. The van der Waals surface area contributed by atoms with Gasteiger partial charge in [0.15, 0.2) is 0 Å². The number of likely N-dealkylation sites (tertiary alicyclic amines) is 1. The Morgan fingerprint density at radius 2 is 2.05 bits per heavy atom. The number of alkyl carbamates (subject to hydrolysis) is 1. The summed E-state index contributed by atoms with van der Waals surface area (Å²) in [5.74, 6) is -0.328. The molecule has 0 atom stereocenters. The van der Waals surface area contributed by atoms with Crippen LogP contribution >= 0.6 is 0 Å². The highest BCUT2D eigenvalue weighted by molar-refractivity contribution is 5.92. The Labute approximate surface area is 119 Å². The molecule has 2 amide bonds. The molecule has 7 heteroatoms. The van der Waals surface area contributed by atoms with Crippen LogP contribution in [0.1, 0.15) is 26.2 Å². The fourth-order valence-electron chi connectivity index (χ4n) is 2.09. The van der Waals surface area contributed by atoms with Crippen molar-refractivity contribution in [2.24, 2.45) is 5.73 Å². The molecule has 20 heavy (non-hydrogen) atoms. The summed E-state index contributed by atoms with van der Waals surface area (Å²) in [4.78, 5) is 24.7. The minimum Gasteiger partial charge on any atom is -0.450 e. The molecule has 1 heterocycles. The van der Waals surface area contributed by atoms with Gasteiger partial charge in [-0.2, -0.15) is 0 Å². The number of amides is 2. The van der Waals surface area contributed by atoms with Crippen LogP contribution in [0.3, 0.4) is 0 Å². The van der Waals surface area contributed by atoms with E-state index in [1.54, 1.807) is 6.92 Å². The van der Waals surface area contributed by atoms with Crippen LogP contribution in [-0.4, -0.2) is 62.4 Å². The maximum atomic E-state index is 11.6. The molecule has 0 saturated carbocycles. The third-order valence-electron chi connectivity index (χ3n) is 3.12. The number of imide groups is 1. The molecule has 0 aromatic rings. The summed E-state index contributed by atoms with van der Waals surface area (Å²) in [6, 6.07) is 0. The van der Waals surface area contributed by atoms with Gasteiger partial charge in [0.2, 0.25) is 5.91 Å². The van der Waals surface area contributed by atoms with E-state index in [9.17, 15) is 9.59 Å². The number of ether oxygens (including phenoxy) is 2. The molecule has 0 spiro atoms. The topological polar surface area (TPSA) is 93.9 Å². The van der Waals surface area contributed by atoms with E-state index in [-0.39, 0.29) is 25.2 Å². The number of piperidine rings is 1. The number of hydrogen-bond donors (Lipinski definition) is 2. The third kappa shape index (κ3) is 6.83. The second-order valence-electron chi connectivity index (χ2n) is 4.76. The molecule has 1 aliphatic heterocycles. The normalized spacial score (nSPS) is 16.9. The van der Waals surface area contributed by atoms with Crippen LogP contribution in [0.4, 0.5) is 4.79 Å². The fourth-order valence-corrected chi connectivity index (χ4v) is 2.09. The highest BCUT2D eigenvalue weighted by Gasteiger charge is 2.21. The number of nitrogens with one attached hydrogen (secondary N) is 1. The fraction of sp³-hybridized carbons (Fsp3) is 0.846. The number of carbonyl (C=O) groups excluding carboxylic acids is 2. The molecule has 0 bridgehead atoms. The van der Waals surface area contributed by atoms with Crippen molar-refractivity contribution in [3.8, 4) is 0 Å². The van der Waals surface area contributed by atoms with Crippen LogP contribution in [0.5, 0.6) is 0 Å². The van der Waals surface area contributed by atoms with Crippen LogP contribution in [0.15, 0.2) is 0 Å². The third-order valence-corrected chi connectivity index (χ3v) is 3.12. The molecule has 1 rings (SSSR count). The van der Waals surface area contributed by atoms with Gasteiger partial charge in [-0.1, -0.05) is 0 Å². The van der Waals surface area contributed by atoms with E-state index >= 15 is 0 Å². The smallest absolute Gasteiger partial charge is 0.413 e. The monoisotopic (exact) mass is 287 g/mol. The van der Waals surface area contributed by atoms with Gasteiger partial charge in [0.1, 0.15) is 0 Å². The first-order valence-electron chi connectivity index (χ1n) is 7.16. The Bertz CT molecular complexity index is 304. The Kier molecular flexibility index (Phi) is 8.17. The molecular formula is C13H25N3O4. The van der Waals surface area contributed by atoms with Gasteiger partial charge in [-0.3, -0.25) is 15.0 Å². The van der Waals surface area contributed by atoms with E-state index in [1.807, 2.05) is 4.90 Å². The number of carbonyl (C=O) groups is 2. The standard InChI is InChI=1S/C13H25N3O4/c1-2-19-13(18)15-12(17)10-16-7-4-11(5-8-16)20-9-3-6-14/h11H,2-10,14H2,1H3,(H,15,17,18). The van der Waals surface area contributed by atoms with Gasteiger partial charge < -0.3 is 15.2 Å². The van der Waals surface area contributed by atoms with Gasteiger partial charge in [-0.15, -0.1) is 0 Å². The van der Waals surface area contributed by atoms with Gasteiger partial charge in [0.25, 0.3) is 0 Å². The lowest BCUT2D eigenvalue weighted by Gasteiger charge is -2.31. The summed E-state index contributed by atoms with van der Waals surface area (Å²) >= 11 is 0. The van der Waals surface area contributed by atoms with E-state index in [4.69, 9.17) is 10.5 Å². The summed E-state index contributed by atoms with van der Waals surface area (Å²) in [6.45, 7) is 5.10. The first-order valence-corrected chi connectivity index (χ1v) is 7.16. The number of nitrogens with zero attached hydrogens (tertiary/aromatic N) is 1. The largest absolute Gasteiger partial charge is 0.450 e. The summed E-state index contributed by atoms with van der Waals surface area (Å²) in [5, 5.41) is 2.19. The van der Waals surface area contributed by atoms with Crippen LogP contribution < -0.4 is 11.1 Å². The predicted octanol–water partition coefficient (Wildman–Crippen LogP) is 0.0889. The van der Waals surface area contributed by atoms with Gasteiger partial charge in [-0.05, 0) is 32.7 Å². The Morgan fingerprint density at radius 3 is 2.65 bits per heavy atom. The Balaban J connectivity index is 2.15. The van der Waals surface area contributed by atoms with Crippen molar-refractivity contribution < 1.29 is 19.1 Å². The molecule has 0 unspecified atom stereocenters. The highest BCUT2D eigenvalue weighted by atomic mass is 16.5. The first kappa shape index (κ1) is 16.9. The zero-order valence-electron chi connectivity index (χ0n) is 12.1. The van der Waals surface area contributed by atoms with E-state index in [0.29, 0.717) is 13.2 Å². The maximum Gasteiger partial charge on any atom is 0.413 e. The summed E-state index contributed by atoms with van der Waals surface area (Å²) in [7, 11) is 0. The minimum absolute atomic E-state index is 0.217. The van der Waals surface area contributed by atoms with Gasteiger partial charge in [-0.25, -0.2) is 4.79 Å². The van der Waals surface area contributed by atoms with E-state index < -0.39 is 6.09 Å². The molecule has 0 aromatic heterocycles. The van der Waals surface area contributed by atoms with E-state index in [1.165, 1.54) is 0 Å². The number of nitrogens with two attached hydrogens (primary N) is 1. The van der Waals surface area contributed by atoms with Crippen LogP contribution in [0, 0.1) is 0 Å². The van der Waals surface area contributed by atoms with E-state index in [2.05, 4.69) is 10.1 Å². The van der Waals surface area contributed by atoms with Crippen molar-refractivity contribution >= 4 is 12.0 Å². The second kappa shape index (κ2) is 9.68. The van der Waals surface area contributed by atoms with Gasteiger partial charge in [0.05, 0.1) is 19.3 Å². The van der Waals surface area contributed by atoms with Gasteiger partial charge >= 0.3 is 6.09 Å². The van der Waals surface area contributed by atoms with Gasteiger partial charge in [0, 0.05) is 19.7 Å². The van der Waals surface area contributed by atoms with Crippen LogP contribution in [-0.2, 0) is 14.3 Å². The lowest BCUT2D eigenvalue weighted by Crippen LogP contribution is -2.44. The van der Waals surface area contributed by atoms with Crippen molar-refractivity contribution in [2.75, 3.05) is 39.4 Å². The van der Waals surface area contributed by atoms with E-state index in [0.717, 1.165) is 32.4 Å². The van der Waals surface area contributed by atoms with Crippen molar-refractivity contribution in [1.29, 1.82) is 0 Å². The second-order valence-corrected chi connectivity index (χ2v) is 4.76. The van der Waals surface area contributed by atoms with Crippen molar-refractivity contribution in [2.45, 2.75) is 32.3 Å². The highest BCUT2D eigenvalue weighted by Crippen LogP contribution is 2.13. The quantitative estimate of drug-likeness (QED) is 0.644. The SMILES string of the molecule is CCOC(=O)NC(=O)CN1CCC(OCCCN)CC1. The molecule has 1 saturated heterocycles. The lowest BCUT2D eigenvalue weighted by atomic mass is 10.1. The van der Waals surface area contributed by atoms with Crippen molar-refractivity contribution in [1.82, 2.24) is 10.2 Å². The predicted molar refractivity (Wildman–Crippen MR) is 74.3 cm³/mol. The Hall–Kier alpha value is -1.18. The lowest BCUT2D eigenvalue weighted by molar-refractivity contribution is -0.122. The Morgan fingerprint density at radius 1 is 1.35 bits per heavy atom. The van der Waals surface area contributed by atoms with Crippen LogP contribution in [0.2, 0.25) is 0 Å².